The minimum atomic E-state index is -1.22. The summed E-state index contributed by atoms with van der Waals surface area (Å²) in [5.41, 5.74) is 0.0620. The van der Waals surface area contributed by atoms with Crippen LogP contribution < -0.4 is 9.64 Å². The Bertz CT molecular complexity index is 1230. The van der Waals surface area contributed by atoms with E-state index in [-0.39, 0.29) is 22.5 Å². The summed E-state index contributed by atoms with van der Waals surface area (Å²) in [6, 6.07) is 12.3. The fraction of sp³-hybridized carbons (Fsp3) is 0.125. The molecule has 4 rings (SSSR count). The second kappa shape index (κ2) is 8.50. The molecule has 1 fully saturated rings. The summed E-state index contributed by atoms with van der Waals surface area (Å²) in [6.07, 6.45) is 1.59. The number of aliphatic hydroxyl groups is 1. The minimum Gasteiger partial charge on any atom is -0.507 e. The largest absolute Gasteiger partial charge is 0.507 e. The molecule has 0 unspecified atom stereocenters. The van der Waals surface area contributed by atoms with Crippen molar-refractivity contribution in [2.75, 3.05) is 11.5 Å². The zero-order valence-corrected chi connectivity index (χ0v) is 17.1. The molecule has 0 saturated carbocycles. The summed E-state index contributed by atoms with van der Waals surface area (Å²) in [5, 5.41) is 14.8. The maximum atomic E-state index is 14.8. The van der Waals surface area contributed by atoms with Gasteiger partial charge in [-0.3, -0.25) is 14.5 Å². The SMILES string of the molecule is C=CCOc1ccc(/C(O)=C2\C(=O)C(=O)N(c3cc(C)on3)[C@@H]2c2ccccc2F)cc1. The van der Waals surface area contributed by atoms with Gasteiger partial charge in [0, 0.05) is 17.2 Å². The third kappa shape index (κ3) is 3.66. The molecule has 2 heterocycles. The Morgan fingerprint density at radius 1 is 1.25 bits per heavy atom. The van der Waals surface area contributed by atoms with Gasteiger partial charge in [0.15, 0.2) is 5.82 Å². The van der Waals surface area contributed by atoms with E-state index in [2.05, 4.69) is 11.7 Å². The first kappa shape index (κ1) is 21.0. The van der Waals surface area contributed by atoms with Crippen LogP contribution >= 0.6 is 0 Å². The highest BCUT2D eigenvalue weighted by Gasteiger charge is 2.48. The van der Waals surface area contributed by atoms with Crippen LogP contribution in [0.4, 0.5) is 10.2 Å². The summed E-state index contributed by atoms with van der Waals surface area (Å²) >= 11 is 0. The van der Waals surface area contributed by atoms with E-state index in [0.717, 1.165) is 4.90 Å². The van der Waals surface area contributed by atoms with Gasteiger partial charge in [0.1, 0.15) is 29.7 Å². The van der Waals surface area contributed by atoms with E-state index in [0.29, 0.717) is 18.1 Å². The number of ether oxygens (including phenoxy) is 1. The lowest BCUT2D eigenvalue weighted by Crippen LogP contribution is -2.30. The van der Waals surface area contributed by atoms with Crippen molar-refractivity contribution in [1.29, 1.82) is 0 Å². The van der Waals surface area contributed by atoms with Crippen LogP contribution in [0.1, 0.15) is 22.9 Å². The first-order chi connectivity index (χ1) is 15.4. The highest BCUT2D eigenvalue weighted by Crippen LogP contribution is 2.42. The van der Waals surface area contributed by atoms with Gasteiger partial charge in [-0.05, 0) is 37.3 Å². The maximum Gasteiger partial charge on any atom is 0.301 e. The molecule has 1 atom stereocenters. The van der Waals surface area contributed by atoms with Gasteiger partial charge < -0.3 is 14.4 Å². The van der Waals surface area contributed by atoms with Crippen LogP contribution in [0, 0.1) is 12.7 Å². The molecule has 3 aromatic rings. The second-order valence-electron chi connectivity index (χ2n) is 7.11. The molecule has 162 valence electrons. The number of carbonyl (C=O) groups excluding carboxylic acids is 2. The van der Waals surface area contributed by atoms with Crippen LogP contribution in [-0.2, 0) is 9.59 Å². The molecule has 0 aliphatic carbocycles. The quantitative estimate of drug-likeness (QED) is 0.269. The number of amides is 1. The Morgan fingerprint density at radius 2 is 1.97 bits per heavy atom. The van der Waals surface area contributed by atoms with Crippen LogP contribution in [0.15, 0.2) is 77.3 Å². The molecule has 1 aromatic heterocycles. The van der Waals surface area contributed by atoms with Gasteiger partial charge in [0.25, 0.3) is 5.78 Å². The monoisotopic (exact) mass is 434 g/mol. The van der Waals surface area contributed by atoms with Gasteiger partial charge in [0.2, 0.25) is 0 Å². The van der Waals surface area contributed by atoms with Crippen molar-refractivity contribution in [2.45, 2.75) is 13.0 Å². The standard InChI is InChI=1S/C24H19FN2O5/c1-3-12-31-16-10-8-15(9-11-16)22(28)20-21(17-6-4-5-7-18(17)25)27(24(30)23(20)29)19-13-14(2)32-26-19/h3-11,13,21,28H,1,12H2,2H3/b22-20+/t21-/m1/s1. The molecule has 0 bridgehead atoms. The van der Waals surface area contributed by atoms with Crippen LogP contribution in [0.3, 0.4) is 0 Å². The molecule has 0 radical (unpaired) electrons. The smallest absolute Gasteiger partial charge is 0.301 e. The Hall–Kier alpha value is -4.20. The van der Waals surface area contributed by atoms with Gasteiger partial charge in [-0.1, -0.05) is 36.0 Å². The summed E-state index contributed by atoms with van der Waals surface area (Å²) in [6.45, 7) is 5.51. The number of anilines is 1. The normalized spacial score (nSPS) is 17.6. The van der Waals surface area contributed by atoms with E-state index in [4.69, 9.17) is 9.26 Å². The Morgan fingerprint density at radius 3 is 2.59 bits per heavy atom. The number of hydrogen-bond donors (Lipinski definition) is 1. The molecule has 1 amide bonds. The van der Waals surface area contributed by atoms with E-state index in [1.165, 1.54) is 24.3 Å². The number of aromatic nitrogens is 1. The number of carbonyl (C=O) groups is 2. The average Bonchev–Trinajstić information content (AvgIpc) is 3.33. The van der Waals surface area contributed by atoms with Crippen molar-refractivity contribution in [1.82, 2.24) is 5.16 Å². The number of hydrogen-bond acceptors (Lipinski definition) is 6. The molecular formula is C24H19FN2O5. The van der Waals surface area contributed by atoms with Gasteiger partial charge >= 0.3 is 5.91 Å². The van der Waals surface area contributed by atoms with E-state index in [1.54, 1.807) is 43.3 Å². The first-order valence-electron chi connectivity index (χ1n) is 9.75. The first-order valence-corrected chi connectivity index (χ1v) is 9.75. The van der Waals surface area contributed by atoms with Crippen molar-refractivity contribution in [2.24, 2.45) is 0 Å². The summed E-state index contributed by atoms with van der Waals surface area (Å²) in [4.78, 5) is 26.9. The predicted molar refractivity (Wildman–Crippen MR) is 115 cm³/mol. The molecule has 7 nitrogen and oxygen atoms in total. The zero-order valence-electron chi connectivity index (χ0n) is 17.1. The van der Waals surface area contributed by atoms with E-state index in [1.807, 2.05) is 0 Å². The number of Topliss-reactive ketones (excluding diaryl/α,β-unsaturated/α-hetero) is 1. The average molecular weight is 434 g/mol. The lowest BCUT2D eigenvalue weighted by molar-refractivity contribution is -0.132. The van der Waals surface area contributed by atoms with Crippen LogP contribution in [0.5, 0.6) is 5.75 Å². The zero-order chi connectivity index (χ0) is 22.8. The topological polar surface area (TPSA) is 92.9 Å². The highest BCUT2D eigenvalue weighted by molar-refractivity contribution is 6.51. The van der Waals surface area contributed by atoms with Crippen molar-refractivity contribution < 1.29 is 28.3 Å². The molecule has 2 aromatic carbocycles. The lowest BCUT2D eigenvalue weighted by Gasteiger charge is -2.23. The molecule has 1 aliphatic rings. The summed E-state index contributed by atoms with van der Waals surface area (Å²) in [7, 11) is 0. The van der Waals surface area contributed by atoms with Crippen LogP contribution in [-0.4, -0.2) is 28.6 Å². The number of ketones is 1. The summed E-state index contributed by atoms with van der Waals surface area (Å²) in [5.74, 6) is -1.99. The Labute approximate surface area is 183 Å². The molecular weight excluding hydrogens is 415 g/mol. The number of nitrogens with zero attached hydrogens (tertiary/aromatic N) is 2. The molecule has 1 N–H and O–H groups in total. The third-order valence-corrected chi connectivity index (χ3v) is 5.00. The Kier molecular flexibility index (Phi) is 5.59. The Balaban J connectivity index is 1.86. The van der Waals surface area contributed by atoms with Gasteiger partial charge in [-0.25, -0.2) is 4.39 Å². The molecule has 32 heavy (non-hydrogen) atoms. The number of aliphatic hydroxyl groups excluding tert-OH is 1. The predicted octanol–water partition coefficient (Wildman–Crippen LogP) is 4.31. The highest BCUT2D eigenvalue weighted by atomic mass is 19.1. The minimum absolute atomic E-state index is 0.0415. The number of aryl methyl sites for hydroxylation is 1. The molecule has 1 saturated heterocycles. The molecule has 8 heteroatoms. The van der Waals surface area contributed by atoms with Gasteiger partial charge in [0.05, 0.1) is 11.6 Å². The van der Waals surface area contributed by atoms with E-state index < -0.39 is 29.3 Å². The van der Waals surface area contributed by atoms with Crippen LogP contribution in [0.2, 0.25) is 0 Å². The van der Waals surface area contributed by atoms with Crippen LogP contribution in [0.25, 0.3) is 5.76 Å². The van der Waals surface area contributed by atoms with E-state index >= 15 is 0 Å². The molecule has 0 spiro atoms. The van der Waals surface area contributed by atoms with Crippen molar-refractivity contribution in [3.8, 4) is 5.75 Å². The maximum absolute atomic E-state index is 14.8. The summed E-state index contributed by atoms with van der Waals surface area (Å²) < 4.78 is 25.3. The van der Waals surface area contributed by atoms with Crippen molar-refractivity contribution in [3.05, 3.63) is 95.5 Å². The number of rotatable bonds is 6. The molecule has 1 aliphatic heterocycles. The van der Waals surface area contributed by atoms with Crippen molar-refractivity contribution in [3.63, 3.8) is 0 Å². The van der Waals surface area contributed by atoms with Gasteiger partial charge in [-0.2, -0.15) is 0 Å². The van der Waals surface area contributed by atoms with E-state index in [9.17, 15) is 19.1 Å². The number of benzene rings is 2. The fourth-order valence-electron chi connectivity index (χ4n) is 3.55. The fourth-order valence-corrected chi connectivity index (χ4v) is 3.55. The lowest BCUT2D eigenvalue weighted by atomic mass is 9.95. The van der Waals surface area contributed by atoms with Gasteiger partial charge in [-0.15, -0.1) is 0 Å². The number of halogens is 1. The third-order valence-electron chi connectivity index (χ3n) is 5.00. The second-order valence-corrected chi connectivity index (χ2v) is 7.11. The van der Waals surface area contributed by atoms with Crippen molar-refractivity contribution >= 4 is 23.3 Å².